The van der Waals surface area contributed by atoms with Crippen LogP contribution in [0.1, 0.15) is 20.3 Å². The highest BCUT2D eigenvalue weighted by molar-refractivity contribution is 5.83. The standard InChI is InChI=1S/C13H21N5O/c1-4-15-10-7-11(17-9-16-10)18-6-5-13(2,8-18)12(19)14-3/h7,9H,4-6,8H2,1-3H3,(H,14,19)(H,15,16,17). The maximum absolute atomic E-state index is 11.9. The minimum Gasteiger partial charge on any atom is -0.370 e. The summed E-state index contributed by atoms with van der Waals surface area (Å²) in [5.74, 6) is 1.79. The van der Waals surface area contributed by atoms with Crippen LogP contribution in [0.25, 0.3) is 0 Å². The summed E-state index contributed by atoms with van der Waals surface area (Å²) < 4.78 is 0. The normalized spacial score (nSPS) is 22.4. The van der Waals surface area contributed by atoms with Crippen molar-refractivity contribution >= 4 is 17.5 Å². The highest BCUT2D eigenvalue weighted by atomic mass is 16.2. The molecule has 1 unspecified atom stereocenters. The monoisotopic (exact) mass is 263 g/mol. The van der Waals surface area contributed by atoms with Crippen LogP contribution in [-0.4, -0.2) is 42.6 Å². The van der Waals surface area contributed by atoms with Crippen molar-refractivity contribution in [1.82, 2.24) is 15.3 Å². The molecule has 0 bridgehead atoms. The van der Waals surface area contributed by atoms with E-state index in [9.17, 15) is 4.79 Å². The van der Waals surface area contributed by atoms with Crippen LogP contribution < -0.4 is 15.5 Å². The van der Waals surface area contributed by atoms with Crippen LogP contribution in [0.5, 0.6) is 0 Å². The second-order valence-corrected chi connectivity index (χ2v) is 5.10. The van der Waals surface area contributed by atoms with Crippen molar-refractivity contribution in [2.45, 2.75) is 20.3 Å². The largest absolute Gasteiger partial charge is 0.370 e. The number of carbonyl (C=O) groups excluding carboxylic acids is 1. The molecule has 1 aromatic rings. The van der Waals surface area contributed by atoms with E-state index in [0.717, 1.165) is 31.1 Å². The lowest BCUT2D eigenvalue weighted by atomic mass is 9.89. The summed E-state index contributed by atoms with van der Waals surface area (Å²) in [6, 6.07) is 1.93. The molecule has 19 heavy (non-hydrogen) atoms. The van der Waals surface area contributed by atoms with E-state index in [2.05, 4.69) is 25.5 Å². The fourth-order valence-electron chi connectivity index (χ4n) is 2.44. The Balaban J connectivity index is 2.12. The number of aromatic nitrogens is 2. The van der Waals surface area contributed by atoms with Gasteiger partial charge in [-0.25, -0.2) is 9.97 Å². The van der Waals surface area contributed by atoms with E-state index in [1.165, 1.54) is 0 Å². The van der Waals surface area contributed by atoms with Gasteiger partial charge in [-0.15, -0.1) is 0 Å². The van der Waals surface area contributed by atoms with Gasteiger partial charge in [-0.2, -0.15) is 0 Å². The quantitative estimate of drug-likeness (QED) is 0.843. The Hall–Kier alpha value is -1.85. The summed E-state index contributed by atoms with van der Waals surface area (Å²) in [5, 5.41) is 5.91. The molecule has 1 aliphatic rings. The van der Waals surface area contributed by atoms with Crippen molar-refractivity contribution in [3.05, 3.63) is 12.4 Å². The van der Waals surface area contributed by atoms with E-state index >= 15 is 0 Å². The van der Waals surface area contributed by atoms with Gasteiger partial charge in [0.25, 0.3) is 0 Å². The van der Waals surface area contributed by atoms with Gasteiger partial charge >= 0.3 is 0 Å². The van der Waals surface area contributed by atoms with Gasteiger partial charge < -0.3 is 15.5 Å². The molecule has 1 aliphatic heterocycles. The lowest BCUT2D eigenvalue weighted by molar-refractivity contribution is -0.128. The van der Waals surface area contributed by atoms with Crippen molar-refractivity contribution in [3.63, 3.8) is 0 Å². The number of anilines is 2. The first-order valence-corrected chi connectivity index (χ1v) is 6.62. The van der Waals surface area contributed by atoms with Gasteiger partial charge in [0.15, 0.2) is 0 Å². The molecule has 2 heterocycles. The van der Waals surface area contributed by atoms with Crippen molar-refractivity contribution < 1.29 is 4.79 Å². The summed E-state index contributed by atoms with van der Waals surface area (Å²) in [7, 11) is 1.68. The van der Waals surface area contributed by atoms with Crippen LogP contribution in [0, 0.1) is 5.41 Å². The summed E-state index contributed by atoms with van der Waals surface area (Å²) in [4.78, 5) is 22.5. The van der Waals surface area contributed by atoms with E-state index in [4.69, 9.17) is 0 Å². The van der Waals surface area contributed by atoms with E-state index < -0.39 is 0 Å². The number of nitrogens with zero attached hydrogens (tertiary/aromatic N) is 3. The van der Waals surface area contributed by atoms with Gasteiger partial charge in [-0.3, -0.25) is 4.79 Å². The van der Waals surface area contributed by atoms with E-state index in [0.29, 0.717) is 6.54 Å². The number of amides is 1. The molecule has 0 aromatic carbocycles. The molecular formula is C13H21N5O. The topological polar surface area (TPSA) is 70.2 Å². The SMILES string of the molecule is CCNc1cc(N2CCC(C)(C(=O)NC)C2)ncn1. The number of carbonyl (C=O) groups is 1. The molecule has 2 N–H and O–H groups in total. The average Bonchev–Trinajstić information content (AvgIpc) is 2.82. The molecule has 0 aliphatic carbocycles. The van der Waals surface area contributed by atoms with Crippen LogP contribution >= 0.6 is 0 Å². The highest BCUT2D eigenvalue weighted by Crippen LogP contribution is 2.32. The third kappa shape index (κ3) is 2.77. The van der Waals surface area contributed by atoms with Crippen LogP contribution in [0.15, 0.2) is 12.4 Å². The Bertz CT molecular complexity index is 464. The maximum atomic E-state index is 11.9. The molecule has 6 heteroatoms. The Labute approximate surface area is 113 Å². The van der Waals surface area contributed by atoms with Crippen LogP contribution in [0.2, 0.25) is 0 Å². The molecule has 0 radical (unpaired) electrons. The van der Waals surface area contributed by atoms with Gasteiger partial charge in [-0.05, 0) is 20.3 Å². The van der Waals surface area contributed by atoms with Crippen LogP contribution in [0.4, 0.5) is 11.6 Å². The first-order valence-electron chi connectivity index (χ1n) is 6.62. The average molecular weight is 263 g/mol. The fourth-order valence-corrected chi connectivity index (χ4v) is 2.44. The summed E-state index contributed by atoms with van der Waals surface area (Å²) in [5.41, 5.74) is -0.335. The van der Waals surface area contributed by atoms with Crippen LogP contribution in [0.3, 0.4) is 0 Å². The van der Waals surface area contributed by atoms with Crippen LogP contribution in [-0.2, 0) is 4.79 Å². The molecule has 1 fully saturated rings. The second kappa shape index (κ2) is 5.42. The van der Waals surface area contributed by atoms with E-state index in [1.807, 2.05) is 19.9 Å². The third-order valence-corrected chi connectivity index (χ3v) is 3.58. The summed E-state index contributed by atoms with van der Waals surface area (Å²) >= 11 is 0. The third-order valence-electron chi connectivity index (χ3n) is 3.58. The Morgan fingerprint density at radius 3 is 3.00 bits per heavy atom. The number of rotatable bonds is 4. The molecule has 104 valence electrons. The van der Waals surface area contributed by atoms with E-state index in [1.54, 1.807) is 13.4 Å². The van der Waals surface area contributed by atoms with Gasteiger partial charge in [0.2, 0.25) is 5.91 Å². The fraction of sp³-hybridized carbons (Fsp3) is 0.615. The predicted molar refractivity (Wildman–Crippen MR) is 75.2 cm³/mol. The molecule has 1 amide bonds. The van der Waals surface area contributed by atoms with E-state index in [-0.39, 0.29) is 11.3 Å². The molecule has 2 rings (SSSR count). The summed E-state index contributed by atoms with van der Waals surface area (Å²) in [6.07, 6.45) is 2.40. The molecular weight excluding hydrogens is 242 g/mol. The minimum atomic E-state index is -0.335. The molecule has 0 spiro atoms. The van der Waals surface area contributed by atoms with Crippen molar-refractivity contribution in [2.24, 2.45) is 5.41 Å². The van der Waals surface area contributed by atoms with Gasteiger partial charge in [0, 0.05) is 32.7 Å². The molecule has 6 nitrogen and oxygen atoms in total. The molecule has 1 saturated heterocycles. The van der Waals surface area contributed by atoms with Crippen molar-refractivity contribution in [1.29, 1.82) is 0 Å². The van der Waals surface area contributed by atoms with Gasteiger partial charge in [0.05, 0.1) is 5.41 Å². The first-order chi connectivity index (χ1) is 9.09. The van der Waals surface area contributed by atoms with Crippen molar-refractivity contribution in [2.75, 3.05) is 36.9 Å². The lowest BCUT2D eigenvalue weighted by Gasteiger charge is -2.23. The maximum Gasteiger partial charge on any atom is 0.227 e. The second-order valence-electron chi connectivity index (χ2n) is 5.10. The van der Waals surface area contributed by atoms with Gasteiger partial charge in [0.1, 0.15) is 18.0 Å². The zero-order chi connectivity index (χ0) is 13.9. The Morgan fingerprint density at radius 2 is 2.32 bits per heavy atom. The first kappa shape index (κ1) is 13.6. The zero-order valence-corrected chi connectivity index (χ0v) is 11.7. The smallest absolute Gasteiger partial charge is 0.227 e. The van der Waals surface area contributed by atoms with Gasteiger partial charge in [-0.1, -0.05) is 0 Å². The Kier molecular flexibility index (Phi) is 3.87. The zero-order valence-electron chi connectivity index (χ0n) is 11.7. The lowest BCUT2D eigenvalue weighted by Crippen LogP contribution is -2.39. The predicted octanol–water partition coefficient (Wildman–Crippen LogP) is 0.871. The van der Waals surface area contributed by atoms with Crippen molar-refractivity contribution in [3.8, 4) is 0 Å². The Morgan fingerprint density at radius 1 is 1.53 bits per heavy atom. The molecule has 0 saturated carbocycles. The number of nitrogens with one attached hydrogen (secondary N) is 2. The molecule has 1 aromatic heterocycles. The minimum absolute atomic E-state index is 0.0935. The number of hydrogen-bond acceptors (Lipinski definition) is 5. The summed E-state index contributed by atoms with van der Waals surface area (Å²) in [6.45, 7) is 6.38. The number of hydrogen-bond donors (Lipinski definition) is 2. The highest BCUT2D eigenvalue weighted by Gasteiger charge is 2.40. The molecule has 1 atom stereocenters.